The van der Waals surface area contributed by atoms with Crippen molar-refractivity contribution >= 4 is 6.16 Å². The van der Waals surface area contributed by atoms with E-state index in [-0.39, 0.29) is 6.61 Å². The maximum atomic E-state index is 11.0. The van der Waals surface area contributed by atoms with E-state index in [4.69, 9.17) is 9.47 Å². The lowest BCUT2D eigenvalue weighted by Gasteiger charge is -2.21. The van der Waals surface area contributed by atoms with E-state index in [1.54, 1.807) is 0 Å². The van der Waals surface area contributed by atoms with Gasteiger partial charge in [-0.2, -0.15) is 0 Å². The summed E-state index contributed by atoms with van der Waals surface area (Å²) in [6, 6.07) is 9.58. The number of carbonyl (C=O) groups excluding carboxylic acids is 1. The van der Waals surface area contributed by atoms with Crippen LogP contribution in [0.4, 0.5) is 4.79 Å². The van der Waals surface area contributed by atoms with Crippen molar-refractivity contribution in [3.63, 3.8) is 0 Å². The number of benzene rings is 1. The molecule has 0 spiro atoms. The Kier molecular flexibility index (Phi) is 2.46. The van der Waals surface area contributed by atoms with Gasteiger partial charge in [0.25, 0.3) is 0 Å². The number of rotatable bonds is 2. The minimum atomic E-state index is -0.743. The summed E-state index contributed by atoms with van der Waals surface area (Å²) in [7, 11) is 0. The normalized spacial score (nSPS) is 25.3. The molecule has 0 bridgehead atoms. The van der Waals surface area contributed by atoms with E-state index in [1.807, 2.05) is 49.4 Å². The minimum Gasteiger partial charge on any atom is -0.429 e. The molecule has 1 heterocycles. The fourth-order valence-corrected chi connectivity index (χ4v) is 1.68. The molecule has 0 radical (unpaired) electrons. The quantitative estimate of drug-likeness (QED) is 0.548. The van der Waals surface area contributed by atoms with Crippen molar-refractivity contribution in [2.45, 2.75) is 12.5 Å². The highest BCUT2D eigenvalue weighted by molar-refractivity contribution is 5.64. The van der Waals surface area contributed by atoms with Gasteiger partial charge in [-0.3, -0.25) is 0 Å². The van der Waals surface area contributed by atoms with Crippen LogP contribution < -0.4 is 0 Å². The number of carbonyl (C=O) groups is 1. The van der Waals surface area contributed by atoms with Crippen molar-refractivity contribution < 1.29 is 14.3 Å². The molecule has 1 aromatic carbocycles. The van der Waals surface area contributed by atoms with Crippen molar-refractivity contribution in [3.8, 4) is 0 Å². The Morgan fingerprint density at radius 3 is 2.60 bits per heavy atom. The van der Waals surface area contributed by atoms with E-state index >= 15 is 0 Å². The van der Waals surface area contributed by atoms with Crippen LogP contribution in [0.3, 0.4) is 0 Å². The lowest BCUT2D eigenvalue weighted by atomic mass is 9.94. The van der Waals surface area contributed by atoms with Crippen molar-refractivity contribution in [1.29, 1.82) is 0 Å². The molecule has 1 aliphatic heterocycles. The summed E-state index contributed by atoms with van der Waals surface area (Å²) in [5.41, 5.74) is 0.182. The van der Waals surface area contributed by atoms with Crippen LogP contribution in [0.2, 0.25) is 0 Å². The molecule has 1 unspecified atom stereocenters. The third-order valence-electron chi connectivity index (χ3n) is 2.37. The van der Waals surface area contributed by atoms with E-state index in [0.717, 1.165) is 5.56 Å². The molecule has 15 heavy (non-hydrogen) atoms. The Bertz CT molecular complexity index is 383. The molecular formula is C12H12O3. The molecule has 1 fully saturated rings. The second-order valence-electron chi connectivity index (χ2n) is 3.40. The Labute approximate surface area is 88.3 Å². The highest BCUT2D eigenvalue weighted by Gasteiger charge is 2.41. The first kappa shape index (κ1) is 9.77. The maximum absolute atomic E-state index is 11.0. The predicted molar refractivity (Wildman–Crippen MR) is 55.4 cm³/mol. The average Bonchev–Trinajstić information content (AvgIpc) is 2.63. The van der Waals surface area contributed by atoms with E-state index in [2.05, 4.69) is 0 Å². The number of allylic oxidation sites excluding steroid dienone is 1. The molecular weight excluding hydrogens is 192 g/mol. The molecule has 3 nitrogen and oxygen atoms in total. The molecule has 0 aliphatic carbocycles. The second-order valence-corrected chi connectivity index (χ2v) is 3.40. The van der Waals surface area contributed by atoms with Gasteiger partial charge in [0.1, 0.15) is 6.61 Å². The molecule has 1 aliphatic rings. The van der Waals surface area contributed by atoms with Gasteiger partial charge in [-0.15, -0.1) is 0 Å². The van der Waals surface area contributed by atoms with Gasteiger partial charge in [0.2, 0.25) is 0 Å². The van der Waals surface area contributed by atoms with E-state index in [0.29, 0.717) is 0 Å². The van der Waals surface area contributed by atoms with Crippen LogP contribution in [0.25, 0.3) is 0 Å². The second kappa shape index (κ2) is 3.77. The fourth-order valence-electron chi connectivity index (χ4n) is 1.68. The molecule has 1 atom stereocenters. The Hall–Kier alpha value is -1.77. The van der Waals surface area contributed by atoms with Gasteiger partial charge >= 0.3 is 6.16 Å². The molecule has 0 aromatic heterocycles. The largest absolute Gasteiger partial charge is 0.509 e. The molecule has 78 valence electrons. The minimum absolute atomic E-state index is 0.236. The van der Waals surface area contributed by atoms with Crippen molar-refractivity contribution in [2.75, 3.05) is 6.61 Å². The van der Waals surface area contributed by atoms with E-state index in [1.165, 1.54) is 0 Å². The van der Waals surface area contributed by atoms with Gasteiger partial charge in [0.05, 0.1) is 0 Å². The highest BCUT2D eigenvalue weighted by atomic mass is 16.8. The standard InChI is InChI=1S/C12H12O3/c1-2-8-12(9-14-11(13)15-12)10-6-4-3-5-7-10/h2-8H,9H2,1H3. The fraction of sp³-hybridized carbons (Fsp3) is 0.250. The summed E-state index contributed by atoms with van der Waals surface area (Å²) < 4.78 is 10.1. The Morgan fingerprint density at radius 2 is 2.07 bits per heavy atom. The monoisotopic (exact) mass is 204 g/mol. The summed E-state index contributed by atoms with van der Waals surface area (Å²) in [6.07, 6.45) is 3.08. The first-order chi connectivity index (χ1) is 7.27. The van der Waals surface area contributed by atoms with Crippen LogP contribution in [0, 0.1) is 0 Å². The summed E-state index contributed by atoms with van der Waals surface area (Å²) >= 11 is 0. The predicted octanol–water partition coefficient (Wildman–Crippen LogP) is 2.62. The van der Waals surface area contributed by atoms with Gasteiger partial charge < -0.3 is 9.47 Å². The SMILES string of the molecule is CC=CC1(c2ccccc2)COC(=O)O1. The Balaban J connectivity index is 2.40. The number of hydrogen-bond acceptors (Lipinski definition) is 3. The number of hydrogen-bond donors (Lipinski definition) is 0. The first-order valence-corrected chi connectivity index (χ1v) is 4.82. The summed E-state index contributed by atoms with van der Waals surface area (Å²) in [4.78, 5) is 11.0. The van der Waals surface area contributed by atoms with Gasteiger partial charge in [-0.1, -0.05) is 36.4 Å². The molecule has 0 saturated carbocycles. The summed E-state index contributed by atoms with van der Waals surface area (Å²) in [5.74, 6) is 0. The molecule has 2 rings (SSSR count). The first-order valence-electron chi connectivity index (χ1n) is 4.82. The molecule has 0 amide bonds. The topological polar surface area (TPSA) is 35.5 Å². The highest BCUT2D eigenvalue weighted by Crippen LogP contribution is 2.32. The summed E-state index contributed by atoms with van der Waals surface area (Å²) in [5, 5.41) is 0. The third kappa shape index (κ3) is 1.73. The summed E-state index contributed by atoms with van der Waals surface area (Å²) in [6.45, 7) is 2.12. The van der Waals surface area contributed by atoms with Crippen LogP contribution in [0.5, 0.6) is 0 Å². The van der Waals surface area contributed by atoms with Crippen LogP contribution >= 0.6 is 0 Å². The third-order valence-corrected chi connectivity index (χ3v) is 2.37. The molecule has 0 N–H and O–H groups in total. The maximum Gasteiger partial charge on any atom is 0.509 e. The molecule has 3 heteroatoms. The zero-order valence-corrected chi connectivity index (χ0v) is 8.47. The Morgan fingerprint density at radius 1 is 1.33 bits per heavy atom. The zero-order chi connectivity index (χ0) is 10.7. The molecule has 1 aromatic rings. The van der Waals surface area contributed by atoms with Crippen LogP contribution in [-0.2, 0) is 15.1 Å². The van der Waals surface area contributed by atoms with Crippen molar-refractivity contribution in [3.05, 3.63) is 48.0 Å². The average molecular weight is 204 g/mol. The van der Waals surface area contributed by atoms with E-state index < -0.39 is 11.8 Å². The zero-order valence-electron chi connectivity index (χ0n) is 8.47. The molecule has 1 saturated heterocycles. The lowest BCUT2D eigenvalue weighted by molar-refractivity contribution is 0.0885. The van der Waals surface area contributed by atoms with Gasteiger partial charge in [0, 0.05) is 5.56 Å². The number of cyclic esters (lactones) is 2. The van der Waals surface area contributed by atoms with Crippen molar-refractivity contribution in [2.24, 2.45) is 0 Å². The van der Waals surface area contributed by atoms with Crippen molar-refractivity contribution in [1.82, 2.24) is 0 Å². The van der Waals surface area contributed by atoms with Gasteiger partial charge in [-0.25, -0.2) is 4.79 Å². The van der Waals surface area contributed by atoms with Gasteiger partial charge in [-0.05, 0) is 13.0 Å². The number of ether oxygens (including phenoxy) is 2. The van der Waals surface area contributed by atoms with Crippen LogP contribution in [0.1, 0.15) is 12.5 Å². The van der Waals surface area contributed by atoms with Gasteiger partial charge in [0.15, 0.2) is 5.60 Å². The van der Waals surface area contributed by atoms with Crippen LogP contribution in [-0.4, -0.2) is 12.8 Å². The van der Waals surface area contributed by atoms with Crippen LogP contribution in [0.15, 0.2) is 42.5 Å². The van der Waals surface area contributed by atoms with E-state index in [9.17, 15) is 4.79 Å². The smallest absolute Gasteiger partial charge is 0.429 e. The lowest BCUT2D eigenvalue weighted by Crippen LogP contribution is -2.25.